The second-order valence-electron chi connectivity index (χ2n) is 12.6. The van der Waals surface area contributed by atoms with Crippen molar-refractivity contribution in [3.63, 3.8) is 0 Å². The molecule has 0 saturated heterocycles. The van der Waals surface area contributed by atoms with E-state index in [0.717, 1.165) is 42.9 Å². The zero-order valence-corrected chi connectivity index (χ0v) is 28.7. The van der Waals surface area contributed by atoms with Crippen LogP contribution < -0.4 is 0 Å². The van der Waals surface area contributed by atoms with E-state index in [-0.39, 0.29) is 11.8 Å². The van der Waals surface area contributed by atoms with E-state index < -0.39 is 0 Å². The Kier molecular flexibility index (Phi) is 10.6. The lowest BCUT2D eigenvalue weighted by molar-refractivity contribution is -0.379. The van der Waals surface area contributed by atoms with Gasteiger partial charge in [-0.2, -0.15) is 9.48 Å². The van der Waals surface area contributed by atoms with E-state index in [4.69, 9.17) is 0 Å². The Bertz CT molecular complexity index is 2110. The fourth-order valence-electron chi connectivity index (χ4n) is 6.69. The van der Waals surface area contributed by atoms with E-state index in [2.05, 4.69) is 60.7 Å². The fourth-order valence-corrected chi connectivity index (χ4v) is 6.69. The van der Waals surface area contributed by atoms with Crippen molar-refractivity contribution in [3.05, 3.63) is 261 Å². The number of benzene rings is 6. The van der Waals surface area contributed by atoms with Crippen LogP contribution in [-0.4, -0.2) is 20.9 Å². The van der Waals surface area contributed by atoms with E-state index in [1.54, 1.807) is 12.4 Å². The van der Waals surface area contributed by atoms with Crippen LogP contribution in [0, 0.1) is 10.4 Å². The summed E-state index contributed by atoms with van der Waals surface area (Å²) in [6.45, 7) is 0. The van der Waals surface area contributed by atoms with Gasteiger partial charge in [-0.3, -0.25) is 0 Å². The Hall–Kier alpha value is -6.78. The van der Waals surface area contributed by atoms with Gasteiger partial charge in [0.2, 0.25) is 11.4 Å². The quantitative estimate of drug-likeness (QED) is 0.130. The minimum atomic E-state index is 0.0387. The molecule has 8 rings (SSSR count). The van der Waals surface area contributed by atoms with Gasteiger partial charge < -0.3 is 10.4 Å². The average Bonchev–Trinajstić information content (AvgIpc) is 3.21. The highest BCUT2D eigenvalue weighted by molar-refractivity contribution is 6.14. The molecular formula is C48H38N2O2. The predicted molar refractivity (Wildman–Crippen MR) is 214 cm³/mol. The molecule has 0 fully saturated rings. The summed E-state index contributed by atoms with van der Waals surface area (Å²) in [5.74, 6) is 0.0774. The molecule has 0 aliphatic carbocycles. The van der Waals surface area contributed by atoms with Crippen LogP contribution in [0.3, 0.4) is 0 Å². The third-order valence-electron chi connectivity index (χ3n) is 9.14. The van der Waals surface area contributed by atoms with Gasteiger partial charge in [-0.05, 0) is 70.8 Å². The van der Waals surface area contributed by atoms with Crippen molar-refractivity contribution in [1.82, 2.24) is 0 Å². The largest absolute Gasteiger partial charge is 0.618 e. The highest BCUT2D eigenvalue weighted by atomic mass is 16.5. The van der Waals surface area contributed by atoms with Crippen LogP contribution in [0.15, 0.2) is 218 Å². The average molecular weight is 675 g/mol. The standard InChI is InChI=1S/2C24H19NO/c2*26-25-17-16-22(20-12-6-2-7-13-20)23(18-19-10-4-1-5-11-19)24(25)21-14-8-3-9-15-21/h2*1-18,22H/b2*23-18-/t2*22-/m11/s1. The van der Waals surface area contributed by atoms with Crippen LogP contribution in [0.2, 0.25) is 0 Å². The Morgan fingerprint density at radius 3 is 0.981 bits per heavy atom. The van der Waals surface area contributed by atoms with Gasteiger partial charge in [-0.25, -0.2) is 0 Å². The molecule has 2 aliphatic heterocycles. The highest BCUT2D eigenvalue weighted by Gasteiger charge is 2.30. The molecule has 0 radical (unpaired) electrons. The lowest BCUT2D eigenvalue weighted by atomic mass is 9.83. The molecule has 4 heteroatoms. The van der Waals surface area contributed by atoms with Crippen LogP contribution in [0.1, 0.15) is 45.2 Å². The summed E-state index contributed by atoms with van der Waals surface area (Å²) in [6, 6.07) is 60.6. The van der Waals surface area contributed by atoms with Gasteiger partial charge in [0.1, 0.15) is 0 Å². The number of hydrogen-bond acceptors (Lipinski definition) is 2. The maximum absolute atomic E-state index is 12.7. The third-order valence-corrected chi connectivity index (χ3v) is 9.14. The van der Waals surface area contributed by atoms with Crippen LogP contribution in [0.25, 0.3) is 12.2 Å². The summed E-state index contributed by atoms with van der Waals surface area (Å²) in [4.78, 5) is 0. The van der Waals surface area contributed by atoms with Crippen LogP contribution in [0.4, 0.5) is 0 Å². The molecule has 6 aromatic rings. The van der Waals surface area contributed by atoms with Gasteiger partial charge in [-0.15, -0.1) is 0 Å². The van der Waals surface area contributed by atoms with Gasteiger partial charge in [0.05, 0.1) is 0 Å². The summed E-state index contributed by atoms with van der Waals surface area (Å²) in [5, 5.41) is 25.4. The SMILES string of the molecule is [O-][N+]1=C(c2ccccc2)/C(=C\c2ccccc2)[C@@H](c2ccccc2)C=C1.[O-][N+]1=C(c2ccccc2)/C(=C\c2ccccc2)[C@@H](c2ccccc2)C=C1. The predicted octanol–water partition coefficient (Wildman–Crippen LogP) is 10.8. The molecule has 4 nitrogen and oxygen atoms in total. The first-order valence-electron chi connectivity index (χ1n) is 17.4. The van der Waals surface area contributed by atoms with E-state index in [1.165, 1.54) is 11.1 Å². The third kappa shape index (κ3) is 7.83. The number of nitrogens with zero attached hydrogens (tertiary/aromatic N) is 2. The molecule has 2 atom stereocenters. The Morgan fingerprint density at radius 1 is 0.365 bits per heavy atom. The summed E-state index contributed by atoms with van der Waals surface area (Å²) in [7, 11) is 0. The normalized spacial score (nSPS) is 18.3. The smallest absolute Gasteiger partial charge is 0.227 e. The monoisotopic (exact) mass is 674 g/mol. The molecule has 2 aliphatic rings. The first-order valence-corrected chi connectivity index (χ1v) is 17.4. The maximum Gasteiger partial charge on any atom is 0.227 e. The Balaban J connectivity index is 0.000000162. The molecule has 6 aromatic carbocycles. The minimum Gasteiger partial charge on any atom is -0.618 e. The van der Waals surface area contributed by atoms with Gasteiger partial charge in [-0.1, -0.05) is 158 Å². The lowest BCUT2D eigenvalue weighted by Gasteiger charge is -2.22. The lowest BCUT2D eigenvalue weighted by Crippen LogP contribution is -2.23. The minimum absolute atomic E-state index is 0.0387. The van der Waals surface area contributed by atoms with Crippen LogP contribution in [-0.2, 0) is 0 Å². The first-order chi connectivity index (χ1) is 25.7. The van der Waals surface area contributed by atoms with Crippen molar-refractivity contribution >= 4 is 23.6 Å². The molecular weight excluding hydrogens is 637 g/mol. The number of allylic oxidation sites excluding steroid dienone is 4. The molecule has 0 spiro atoms. The Labute approximate surface area is 305 Å². The van der Waals surface area contributed by atoms with Crippen LogP contribution in [0.5, 0.6) is 0 Å². The van der Waals surface area contributed by atoms with E-state index in [9.17, 15) is 10.4 Å². The van der Waals surface area contributed by atoms with Crippen molar-refractivity contribution in [1.29, 1.82) is 0 Å². The zero-order chi connectivity index (χ0) is 35.5. The molecule has 0 unspecified atom stereocenters. The molecule has 52 heavy (non-hydrogen) atoms. The number of hydrogen-bond donors (Lipinski definition) is 0. The number of hydroxylamine groups is 2. The van der Waals surface area contributed by atoms with Crippen LogP contribution >= 0.6 is 0 Å². The van der Waals surface area contributed by atoms with E-state index >= 15 is 0 Å². The topological polar surface area (TPSA) is 52.1 Å². The van der Waals surface area contributed by atoms with Crippen molar-refractivity contribution in [2.75, 3.05) is 0 Å². The van der Waals surface area contributed by atoms with Crippen molar-refractivity contribution in [2.45, 2.75) is 11.8 Å². The summed E-state index contributed by atoms with van der Waals surface area (Å²) in [6.07, 6.45) is 11.4. The summed E-state index contributed by atoms with van der Waals surface area (Å²) in [5.41, 5.74) is 9.78. The molecule has 0 amide bonds. The summed E-state index contributed by atoms with van der Waals surface area (Å²) >= 11 is 0. The second kappa shape index (κ2) is 16.3. The zero-order valence-electron chi connectivity index (χ0n) is 28.7. The van der Waals surface area contributed by atoms with Gasteiger partial charge in [0.15, 0.2) is 12.4 Å². The highest BCUT2D eigenvalue weighted by Crippen LogP contribution is 2.34. The first kappa shape index (κ1) is 33.7. The molecule has 0 N–H and O–H groups in total. The molecule has 252 valence electrons. The summed E-state index contributed by atoms with van der Waals surface area (Å²) < 4.78 is 1.95. The number of rotatable bonds is 6. The molecule has 2 heterocycles. The van der Waals surface area contributed by atoms with E-state index in [1.807, 2.05) is 146 Å². The molecule has 0 saturated carbocycles. The second-order valence-corrected chi connectivity index (χ2v) is 12.6. The van der Waals surface area contributed by atoms with E-state index in [0.29, 0.717) is 11.4 Å². The Morgan fingerprint density at radius 2 is 0.654 bits per heavy atom. The van der Waals surface area contributed by atoms with Gasteiger partial charge >= 0.3 is 0 Å². The fraction of sp³-hybridized carbons (Fsp3) is 0.0417. The van der Waals surface area contributed by atoms with Gasteiger partial charge in [0.25, 0.3) is 0 Å². The molecule has 0 aromatic heterocycles. The van der Waals surface area contributed by atoms with Crippen molar-refractivity contribution in [2.24, 2.45) is 0 Å². The maximum atomic E-state index is 12.7. The van der Waals surface area contributed by atoms with Crippen molar-refractivity contribution < 1.29 is 9.48 Å². The van der Waals surface area contributed by atoms with Gasteiger partial charge in [0, 0.05) is 34.1 Å². The van der Waals surface area contributed by atoms with Crippen molar-refractivity contribution in [3.8, 4) is 0 Å². The molecule has 0 bridgehead atoms.